The van der Waals surface area contributed by atoms with Crippen molar-refractivity contribution >= 4 is 17.6 Å². The number of hydrazine groups is 1. The van der Waals surface area contributed by atoms with Gasteiger partial charge < -0.3 is 5.11 Å². The maximum absolute atomic E-state index is 11.1. The predicted molar refractivity (Wildman–Crippen MR) is 65.7 cm³/mol. The highest BCUT2D eigenvalue weighted by Crippen LogP contribution is 2.31. The Labute approximate surface area is 105 Å². The Balaban J connectivity index is 2.22. The molecule has 5 heteroatoms. The molecule has 1 aromatic rings. The Kier molecular flexibility index (Phi) is 3.66. The summed E-state index contributed by atoms with van der Waals surface area (Å²) in [5, 5.41) is 9.78. The molecule has 1 saturated heterocycles. The van der Waals surface area contributed by atoms with Crippen LogP contribution in [0.1, 0.15) is 24.9 Å². The first-order valence-corrected chi connectivity index (χ1v) is 6.00. The highest BCUT2D eigenvalue weighted by Gasteiger charge is 2.39. The Morgan fingerprint density at radius 1 is 1.35 bits per heavy atom. The summed E-state index contributed by atoms with van der Waals surface area (Å²) in [4.78, 5) is 11.1. The number of carbonyl (C=O) groups is 1. The third-order valence-corrected chi connectivity index (χ3v) is 3.47. The number of rotatable bonds is 3. The number of carboxylic acid groups (broad SMARTS) is 1. The van der Waals surface area contributed by atoms with Crippen molar-refractivity contribution in [3.63, 3.8) is 0 Å². The summed E-state index contributed by atoms with van der Waals surface area (Å²) < 4.78 is 0. The molecule has 0 radical (unpaired) electrons. The van der Waals surface area contributed by atoms with Gasteiger partial charge in [0.1, 0.15) is 6.04 Å². The molecule has 1 heterocycles. The van der Waals surface area contributed by atoms with Gasteiger partial charge >= 0.3 is 5.97 Å². The number of nitrogens with one attached hydrogen (secondary N) is 2. The van der Waals surface area contributed by atoms with Crippen LogP contribution in [0, 0.1) is 5.92 Å². The zero-order valence-electron chi connectivity index (χ0n) is 9.48. The van der Waals surface area contributed by atoms with Gasteiger partial charge in [0.15, 0.2) is 0 Å². The molecule has 3 atom stereocenters. The molecule has 4 nitrogen and oxygen atoms in total. The molecule has 1 aliphatic heterocycles. The monoisotopic (exact) mass is 254 g/mol. The lowest BCUT2D eigenvalue weighted by molar-refractivity contribution is -0.140. The molecule has 1 aromatic carbocycles. The normalized spacial score (nSPS) is 28.2. The Morgan fingerprint density at radius 2 is 2.00 bits per heavy atom. The average molecular weight is 255 g/mol. The van der Waals surface area contributed by atoms with Gasteiger partial charge in [-0.25, -0.2) is 10.9 Å². The van der Waals surface area contributed by atoms with Crippen LogP contribution in [-0.2, 0) is 4.79 Å². The highest BCUT2D eigenvalue weighted by atomic mass is 35.5. The van der Waals surface area contributed by atoms with E-state index in [-0.39, 0.29) is 12.0 Å². The standard InChI is InChI=1S/C12H15ClN2O2/c1-2-9-10(14-15-11(9)12(16)17)7-3-5-8(13)6-4-7/h3-6,9-11,14-15H,2H2,1H3,(H,16,17). The van der Waals surface area contributed by atoms with E-state index in [9.17, 15) is 4.79 Å². The zero-order valence-corrected chi connectivity index (χ0v) is 10.2. The number of halogens is 1. The minimum atomic E-state index is -0.819. The predicted octanol–water partition coefficient (Wildman–Crippen LogP) is 1.97. The SMILES string of the molecule is CCC1C(C(=O)O)NNC1c1ccc(Cl)cc1. The second-order valence-corrected chi connectivity index (χ2v) is 4.64. The molecule has 0 bridgehead atoms. The number of benzene rings is 1. The first-order chi connectivity index (χ1) is 8.13. The highest BCUT2D eigenvalue weighted by molar-refractivity contribution is 6.30. The average Bonchev–Trinajstić information content (AvgIpc) is 2.73. The van der Waals surface area contributed by atoms with E-state index < -0.39 is 12.0 Å². The van der Waals surface area contributed by atoms with Crippen LogP contribution in [0.15, 0.2) is 24.3 Å². The van der Waals surface area contributed by atoms with E-state index in [4.69, 9.17) is 16.7 Å². The lowest BCUT2D eigenvalue weighted by Crippen LogP contribution is -2.38. The lowest BCUT2D eigenvalue weighted by atomic mass is 9.87. The number of carboxylic acids is 1. The number of aliphatic carboxylic acids is 1. The van der Waals surface area contributed by atoms with Crippen molar-refractivity contribution in [1.29, 1.82) is 0 Å². The van der Waals surface area contributed by atoms with E-state index in [1.54, 1.807) is 0 Å². The lowest BCUT2D eigenvalue weighted by Gasteiger charge is -2.19. The number of hydrogen-bond acceptors (Lipinski definition) is 3. The summed E-state index contributed by atoms with van der Waals surface area (Å²) in [5.74, 6) is -0.783. The summed E-state index contributed by atoms with van der Waals surface area (Å²) in [7, 11) is 0. The fourth-order valence-electron chi connectivity index (χ4n) is 2.30. The van der Waals surface area contributed by atoms with Gasteiger partial charge in [-0.3, -0.25) is 4.79 Å². The third kappa shape index (κ3) is 2.44. The molecule has 1 aliphatic rings. The molecule has 0 spiro atoms. The topological polar surface area (TPSA) is 61.4 Å². The fourth-order valence-corrected chi connectivity index (χ4v) is 2.43. The van der Waals surface area contributed by atoms with Crippen molar-refractivity contribution in [2.75, 3.05) is 0 Å². The molecule has 0 amide bonds. The summed E-state index contributed by atoms with van der Waals surface area (Å²) in [6, 6.07) is 6.96. The van der Waals surface area contributed by atoms with Crippen LogP contribution >= 0.6 is 11.6 Å². The molecule has 3 unspecified atom stereocenters. The molecular formula is C12H15ClN2O2. The molecule has 2 rings (SSSR count). The van der Waals surface area contributed by atoms with Crippen molar-refractivity contribution in [1.82, 2.24) is 10.9 Å². The minimum absolute atomic E-state index is 0.0124. The van der Waals surface area contributed by atoms with E-state index in [0.29, 0.717) is 5.02 Å². The quantitative estimate of drug-likeness (QED) is 0.772. The van der Waals surface area contributed by atoms with Crippen LogP contribution in [0.25, 0.3) is 0 Å². The van der Waals surface area contributed by atoms with Crippen LogP contribution in [0.3, 0.4) is 0 Å². The van der Waals surface area contributed by atoms with Crippen molar-refractivity contribution in [2.45, 2.75) is 25.4 Å². The minimum Gasteiger partial charge on any atom is -0.480 e. The van der Waals surface area contributed by atoms with Gasteiger partial charge in [-0.05, 0) is 24.1 Å². The Bertz CT molecular complexity index is 407. The van der Waals surface area contributed by atoms with E-state index >= 15 is 0 Å². The van der Waals surface area contributed by atoms with Crippen molar-refractivity contribution in [3.05, 3.63) is 34.9 Å². The van der Waals surface area contributed by atoms with Crippen LogP contribution < -0.4 is 10.9 Å². The largest absolute Gasteiger partial charge is 0.480 e. The van der Waals surface area contributed by atoms with Gasteiger partial charge in [0, 0.05) is 10.9 Å². The van der Waals surface area contributed by atoms with Crippen molar-refractivity contribution in [3.8, 4) is 0 Å². The van der Waals surface area contributed by atoms with Gasteiger partial charge in [0.2, 0.25) is 0 Å². The van der Waals surface area contributed by atoms with E-state index in [2.05, 4.69) is 10.9 Å². The maximum atomic E-state index is 11.1. The second kappa shape index (κ2) is 5.04. The van der Waals surface area contributed by atoms with Crippen LogP contribution in [0.5, 0.6) is 0 Å². The first kappa shape index (κ1) is 12.4. The van der Waals surface area contributed by atoms with Gasteiger partial charge in [-0.15, -0.1) is 0 Å². The fraction of sp³-hybridized carbons (Fsp3) is 0.417. The molecule has 0 aromatic heterocycles. The van der Waals surface area contributed by atoms with Crippen LogP contribution in [-0.4, -0.2) is 17.1 Å². The van der Waals surface area contributed by atoms with Crippen LogP contribution in [0.4, 0.5) is 0 Å². The summed E-state index contributed by atoms with van der Waals surface area (Å²) in [6.45, 7) is 2.00. The van der Waals surface area contributed by atoms with Gasteiger partial charge in [0.25, 0.3) is 0 Å². The molecule has 1 fully saturated rings. The van der Waals surface area contributed by atoms with Crippen LogP contribution in [0.2, 0.25) is 5.02 Å². The third-order valence-electron chi connectivity index (χ3n) is 3.22. The van der Waals surface area contributed by atoms with Crippen molar-refractivity contribution < 1.29 is 9.90 Å². The summed E-state index contributed by atoms with van der Waals surface area (Å²) in [6.07, 6.45) is 0.796. The second-order valence-electron chi connectivity index (χ2n) is 4.21. The van der Waals surface area contributed by atoms with E-state index in [0.717, 1.165) is 12.0 Å². The maximum Gasteiger partial charge on any atom is 0.322 e. The summed E-state index contributed by atoms with van der Waals surface area (Å²) >= 11 is 5.84. The summed E-state index contributed by atoms with van der Waals surface area (Å²) in [5.41, 5.74) is 6.94. The smallest absolute Gasteiger partial charge is 0.322 e. The van der Waals surface area contributed by atoms with E-state index in [1.165, 1.54) is 0 Å². The molecule has 3 N–H and O–H groups in total. The molecule has 92 valence electrons. The number of hydrogen-bond donors (Lipinski definition) is 3. The molecule has 17 heavy (non-hydrogen) atoms. The van der Waals surface area contributed by atoms with E-state index in [1.807, 2.05) is 31.2 Å². The first-order valence-electron chi connectivity index (χ1n) is 5.62. The van der Waals surface area contributed by atoms with Gasteiger partial charge in [0.05, 0.1) is 6.04 Å². The molecule has 0 saturated carbocycles. The van der Waals surface area contributed by atoms with Crippen molar-refractivity contribution in [2.24, 2.45) is 5.92 Å². The van der Waals surface area contributed by atoms with Gasteiger partial charge in [-0.1, -0.05) is 30.7 Å². The Hall–Kier alpha value is -1.10. The molecular weight excluding hydrogens is 240 g/mol. The molecule has 0 aliphatic carbocycles. The van der Waals surface area contributed by atoms with Gasteiger partial charge in [-0.2, -0.15) is 0 Å². The zero-order chi connectivity index (χ0) is 12.4. The Morgan fingerprint density at radius 3 is 2.53 bits per heavy atom.